The highest BCUT2D eigenvalue weighted by molar-refractivity contribution is 6.33. The van der Waals surface area contributed by atoms with E-state index in [2.05, 4.69) is 10.4 Å². The molecule has 2 rings (SSSR count). The van der Waals surface area contributed by atoms with Gasteiger partial charge in [0, 0.05) is 14.2 Å². The van der Waals surface area contributed by atoms with Crippen LogP contribution in [0, 0.1) is 0 Å². The molecule has 1 aromatic heterocycles. The van der Waals surface area contributed by atoms with Gasteiger partial charge < -0.3 is 10.1 Å². The van der Waals surface area contributed by atoms with Gasteiger partial charge in [-0.05, 0) is 0 Å². The van der Waals surface area contributed by atoms with Gasteiger partial charge in [0.25, 0.3) is 11.5 Å². The number of anilines is 1. The lowest BCUT2D eigenvalue weighted by molar-refractivity contribution is -0.136. The fourth-order valence-electron chi connectivity index (χ4n) is 1.96. The van der Waals surface area contributed by atoms with Crippen molar-refractivity contribution < 1.29 is 14.3 Å². The van der Waals surface area contributed by atoms with E-state index < -0.39 is 11.6 Å². The average Bonchev–Trinajstić information content (AvgIpc) is 2.70. The van der Waals surface area contributed by atoms with Crippen molar-refractivity contribution in [2.45, 2.75) is 19.0 Å². The zero-order valence-corrected chi connectivity index (χ0v) is 12.4. The molecule has 0 radical (unpaired) electrons. The molecule has 0 bridgehead atoms. The maximum absolute atomic E-state index is 12.0. The molecule has 0 aromatic carbocycles. The van der Waals surface area contributed by atoms with E-state index in [9.17, 15) is 14.4 Å². The lowest BCUT2D eigenvalue weighted by Gasteiger charge is -2.14. The summed E-state index contributed by atoms with van der Waals surface area (Å²) in [5, 5.41) is 6.67. The van der Waals surface area contributed by atoms with E-state index in [-0.39, 0.29) is 35.5 Å². The molecule has 0 spiro atoms. The molecule has 9 heteroatoms. The summed E-state index contributed by atoms with van der Waals surface area (Å²) in [6, 6.07) is -0.726. The summed E-state index contributed by atoms with van der Waals surface area (Å²) >= 11 is 5.99. The van der Waals surface area contributed by atoms with E-state index >= 15 is 0 Å². The number of methoxy groups -OCH3 is 1. The highest BCUT2D eigenvalue weighted by Gasteiger charge is 2.36. The second kappa shape index (κ2) is 6.23. The molecule has 2 heterocycles. The zero-order chi connectivity index (χ0) is 15.6. The third kappa shape index (κ3) is 3.06. The zero-order valence-electron chi connectivity index (χ0n) is 11.6. The number of amides is 2. The Hall–Kier alpha value is -1.93. The number of hydrogen-bond donors (Lipinski definition) is 1. The van der Waals surface area contributed by atoms with E-state index in [1.165, 1.54) is 25.0 Å². The summed E-state index contributed by atoms with van der Waals surface area (Å²) in [5.74, 6) is -0.644. The number of aromatic nitrogens is 2. The smallest absolute Gasteiger partial charge is 0.287 e. The third-order valence-corrected chi connectivity index (χ3v) is 3.57. The molecule has 1 aromatic rings. The summed E-state index contributed by atoms with van der Waals surface area (Å²) in [4.78, 5) is 36.3. The van der Waals surface area contributed by atoms with Crippen LogP contribution in [0.4, 0.5) is 5.69 Å². The number of likely N-dealkylation sites (N-methyl/N-ethyl adjacent to an activating group) is 1. The molecule has 0 aliphatic carbocycles. The Kier molecular flexibility index (Phi) is 4.59. The molecular weight excluding hydrogens is 300 g/mol. The monoisotopic (exact) mass is 314 g/mol. The number of hydrogen-bond acceptors (Lipinski definition) is 6. The van der Waals surface area contributed by atoms with Crippen molar-refractivity contribution in [3.8, 4) is 0 Å². The van der Waals surface area contributed by atoms with Gasteiger partial charge in [-0.2, -0.15) is 5.10 Å². The fraction of sp³-hybridized carbons (Fsp3) is 0.500. The minimum atomic E-state index is -0.726. The van der Waals surface area contributed by atoms with E-state index in [4.69, 9.17) is 16.3 Å². The van der Waals surface area contributed by atoms with Gasteiger partial charge in [0.2, 0.25) is 5.91 Å². The minimum Gasteiger partial charge on any atom is -0.383 e. The van der Waals surface area contributed by atoms with Gasteiger partial charge in [-0.3, -0.25) is 19.3 Å². The van der Waals surface area contributed by atoms with Crippen LogP contribution in [0.15, 0.2) is 11.0 Å². The standard InChI is InChI=1S/C12H15ClN4O4/c1-16-9(18)5-7(11(16)19)15-8-6-14-17(3-4-21-2)12(20)10(8)13/h6-7,15H,3-5H2,1-2H3. The molecule has 1 saturated heterocycles. The van der Waals surface area contributed by atoms with Crippen LogP contribution >= 0.6 is 11.6 Å². The number of rotatable bonds is 5. The van der Waals surface area contributed by atoms with Gasteiger partial charge in [0.15, 0.2) is 0 Å². The molecule has 0 saturated carbocycles. The topological polar surface area (TPSA) is 93.5 Å². The van der Waals surface area contributed by atoms with Gasteiger partial charge in [-0.25, -0.2) is 4.68 Å². The second-order valence-electron chi connectivity index (χ2n) is 4.59. The highest BCUT2D eigenvalue weighted by Crippen LogP contribution is 2.20. The van der Waals surface area contributed by atoms with E-state index in [1.807, 2.05) is 0 Å². The lowest BCUT2D eigenvalue weighted by atomic mass is 10.2. The largest absolute Gasteiger partial charge is 0.383 e. The Bertz CT molecular complexity index is 630. The van der Waals surface area contributed by atoms with Crippen molar-refractivity contribution in [2.75, 3.05) is 26.1 Å². The summed E-state index contributed by atoms with van der Waals surface area (Å²) in [6.45, 7) is 0.606. The van der Waals surface area contributed by atoms with E-state index in [0.717, 1.165) is 4.90 Å². The maximum atomic E-state index is 12.0. The predicted octanol–water partition coefficient (Wildman–Crippen LogP) is -0.288. The number of ether oxygens (including phenoxy) is 1. The second-order valence-corrected chi connectivity index (χ2v) is 4.96. The molecule has 21 heavy (non-hydrogen) atoms. The normalized spacial score (nSPS) is 18.4. The highest BCUT2D eigenvalue weighted by atomic mass is 35.5. The predicted molar refractivity (Wildman–Crippen MR) is 75.2 cm³/mol. The number of imide groups is 1. The first-order valence-corrected chi connectivity index (χ1v) is 6.65. The summed E-state index contributed by atoms with van der Waals surface area (Å²) in [6.07, 6.45) is 1.38. The Morgan fingerprint density at radius 1 is 1.48 bits per heavy atom. The Balaban J connectivity index is 2.19. The molecule has 8 nitrogen and oxygen atoms in total. The van der Waals surface area contributed by atoms with Crippen LogP contribution in [0.25, 0.3) is 0 Å². The Morgan fingerprint density at radius 2 is 2.19 bits per heavy atom. The first kappa shape index (κ1) is 15.5. The molecular formula is C12H15ClN4O4. The number of nitrogens with one attached hydrogen (secondary N) is 1. The summed E-state index contributed by atoms with van der Waals surface area (Å²) in [5.41, 5.74) is -0.249. The molecule has 1 aliphatic heterocycles. The van der Waals surface area contributed by atoms with Gasteiger partial charge in [-0.15, -0.1) is 0 Å². The van der Waals surface area contributed by atoms with E-state index in [0.29, 0.717) is 6.61 Å². The van der Waals surface area contributed by atoms with Gasteiger partial charge in [0.05, 0.1) is 31.5 Å². The Labute approximate surface area is 125 Å². The number of nitrogens with zero attached hydrogens (tertiary/aromatic N) is 3. The van der Waals surface area contributed by atoms with Gasteiger partial charge in [-0.1, -0.05) is 11.6 Å². The summed E-state index contributed by atoms with van der Waals surface area (Å²) < 4.78 is 6.04. The van der Waals surface area contributed by atoms with Crippen LogP contribution in [-0.4, -0.2) is 53.3 Å². The van der Waals surface area contributed by atoms with Crippen LogP contribution < -0.4 is 10.9 Å². The summed E-state index contributed by atoms with van der Waals surface area (Å²) in [7, 11) is 2.93. The lowest BCUT2D eigenvalue weighted by Crippen LogP contribution is -2.33. The first-order chi connectivity index (χ1) is 9.95. The van der Waals surface area contributed by atoms with E-state index in [1.54, 1.807) is 0 Å². The van der Waals surface area contributed by atoms with Crippen molar-refractivity contribution in [3.05, 3.63) is 21.6 Å². The number of halogens is 1. The van der Waals surface area contributed by atoms with Gasteiger partial charge in [0.1, 0.15) is 11.1 Å². The number of carbonyl (C=O) groups is 2. The maximum Gasteiger partial charge on any atom is 0.287 e. The molecule has 2 amide bonds. The Morgan fingerprint density at radius 3 is 2.76 bits per heavy atom. The van der Waals surface area contributed by atoms with Crippen LogP contribution in [0.2, 0.25) is 5.02 Å². The third-order valence-electron chi connectivity index (χ3n) is 3.20. The molecule has 114 valence electrons. The minimum absolute atomic E-state index is 0.0262. The molecule has 1 fully saturated rings. The quantitative estimate of drug-likeness (QED) is 0.751. The van der Waals surface area contributed by atoms with Gasteiger partial charge >= 0.3 is 0 Å². The van der Waals surface area contributed by atoms with Crippen molar-refractivity contribution in [2.24, 2.45) is 0 Å². The van der Waals surface area contributed by atoms with Crippen molar-refractivity contribution in [1.82, 2.24) is 14.7 Å². The van der Waals surface area contributed by atoms with Crippen LogP contribution in [-0.2, 0) is 20.9 Å². The van der Waals surface area contributed by atoms with Crippen LogP contribution in [0.1, 0.15) is 6.42 Å². The number of carbonyl (C=O) groups excluding carboxylic acids is 2. The van der Waals surface area contributed by atoms with Crippen LogP contribution in [0.3, 0.4) is 0 Å². The SMILES string of the molecule is COCCn1ncc(NC2CC(=O)N(C)C2=O)c(Cl)c1=O. The molecule has 1 atom stereocenters. The molecule has 1 aliphatic rings. The molecule has 1 unspecified atom stereocenters. The molecule has 1 N–H and O–H groups in total. The average molecular weight is 315 g/mol. The van der Waals surface area contributed by atoms with Crippen molar-refractivity contribution in [3.63, 3.8) is 0 Å². The fourth-order valence-corrected chi connectivity index (χ4v) is 2.16. The van der Waals surface area contributed by atoms with Crippen molar-refractivity contribution in [1.29, 1.82) is 0 Å². The van der Waals surface area contributed by atoms with Crippen molar-refractivity contribution >= 4 is 29.1 Å². The van der Waals surface area contributed by atoms with Crippen LogP contribution in [0.5, 0.6) is 0 Å². The number of likely N-dealkylation sites (tertiary alicyclic amines) is 1. The first-order valence-electron chi connectivity index (χ1n) is 6.27.